The maximum absolute atomic E-state index is 12.8. The summed E-state index contributed by atoms with van der Waals surface area (Å²) in [6.07, 6.45) is -0.902. The molecule has 0 aliphatic rings. The van der Waals surface area contributed by atoms with Gasteiger partial charge in [0, 0.05) is 5.56 Å². The first-order chi connectivity index (χ1) is 8.63. The number of methoxy groups -OCH3 is 1. The van der Waals surface area contributed by atoms with Crippen LogP contribution in [-0.2, 0) is 0 Å². The number of hydrogen-bond acceptors (Lipinski definition) is 3. The summed E-state index contributed by atoms with van der Waals surface area (Å²) in [5, 5.41) is 10.2. The molecule has 0 heterocycles. The normalized spacial score (nSPS) is 12.2. The Labute approximate surface area is 105 Å². The van der Waals surface area contributed by atoms with E-state index in [1.54, 1.807) is 18.2 Å². The van der Waals surface area contributed by atoms with Crippen LogP contribution in [0.5, 0.6) is 5.75 Å². The van der Waals surface area contributed by atoms with E-state index < -0.39 is 6.10 Å². The first-order valence-electron chi connectivity index (χ1n) is 5.49. The second-order valence-electron chi connectivity index (χ2n) is 3.92. The quantitative estimate of drug-likeness (QED) is 0.819. The lowest BCUT2D eigenvalue weighted by Crippen LogP contribution is -2.05. The molecule has 0 aliphatic heterocycles. The molecule has 0 aromatic heterocycles. The van der Waals surface area contributed by atoms with Crippen molar-refractivity contribution in [3.05, 3.63) is 59.4 Å². The van der Waals surface area contributed by atoms with E-state index in [-0.39, 0.29) is 5.82 Å². The van der Waals surface area contributed by atoms with Crippen LogP contribution >= 0.6 is 0 Å². The Morgan fingerprint density at radius 3 is 2.44 bits per heavy atom. The molecule has 2 rings (SSSR count). The second-order valence-corrected chi connectivity index (χ2v) is 3.92. The van der Waals surface area contributed by atoms with Crippen molar-refractivity contribution in [1.29, 1.82) is 0 Å². The van der Waals surface area contributed by atoms with Gasteiger partial charge in [-0.1, -0.05) is 24.3 Å². The zero-order valence-corrected chi connectivity index (χ0v) is 9.93. The predicted molar refractivity (Wildman–Crippen MR) is 67.9 cm³/mol. The smallest absolute Gasteiger partial charge is 0.142 e. The van der Waals surface area contributed by atoms with Gasteiger partial charge in [0.05, 0.1) is 12.8 Å². The third kappa shape index (κ3) is 2.28. The van der Waals surface area contributed by atoms with E-state index in [1.807, 2.05) is 0 Å². The number of halogens is 1. The molecule has 0 radical (unpaired) electrons. The number of benzene rings is 2. The minimum Gasteiger partial charge on any atom is -0.495 e. The molecule has 0 bridgehead atoms. The van der Waals surface area contributed by atoms with Gasteiger partial charge < -0.3 is 15.6 Å². The largest absolute Gasteiger partial charge is 0.495 e. The molecule has 3 nitrogen and oxygen atoms in total. The average Bonchev–Trinajstić information content (AvgIpc) is 2.39. The van der Waals surface area contributed by atoms with Crippen LogP contribution in [0.4, 0.5) is 10.1 Å². The maximum atomic E-state index is 12.8. The summed E-state index contributed by atoms with van der Waals surface area (Å²) in [6.45, 7) is 0. The SMILES string of the molecule is COc1cccc(C(O)c2ccc(F)cc2)c1N. The fourth-order valence-corrected chi connectivity index (χ4v) is 1.80. The number of anilines is 1. The van der Waals surface area contributed by atoms with Crippen LogP contribution in [0.1, 0.15) is 17.2 Å². The van der Waals surface area contributed by atoms with Crippen LogP contribution < -0.4 is 10.5 Å². The summed E-state index contributed by atoms with van der Waals surface area (Å²) >= 11 is 0. The average molecular weight is 247 g/mol. The molecule has 2 aromatic carbocycles. The molecule has 0 saturated carbocycles. The number of nitrogen functional groups attached to an aromatic ring is 1. The molecule has 0 fully saturated rings. The van der Waals surface area contributed by atoms with Crippen LogP contribution in [0.2, 0.25) is 0 Å². The molecule has 3 N–H and O–H groups in total. The minimum absolute atomic E-state index is 0.343. The van der Waals surface area contributed by atoms with Crippen molar-refractivity contribution in [2.75, 3.05) is 12.8 Å². The fraction of sp³-hybridized carbons (Fsp3) is 0.143. The lowest BCUT2D eigenvalue weighted by Gasteiger charge is -2.15. The van der Waals surface area contributed by atoms with Gasteiger partial charge in [0.15, 0.2) is 0 Å². The van der Waals surface area contributed by atoms with E-state index in [4.69, 9.17) is 10.5 Å². The highest BCUT2D eigenvalue weighted by Gasteiger charge is 2.15. The molecule has 2 aromatic rings. The number of aliphatic hydroxyl groups is 1. The lowest BCUT2D eigenvalue weighted by molar-refractivity contribution is 0.220. The van der Waals surface area contributed by atoms with Crippen LogP contribution in [0.3, 0.4) is 0 Å². The van der Waals surface area contributed by atoms with E-state index in [0.717, 1.165) is 0 Å². The lowest BCUT2D eigenvalue weighted by atomic mass is 9.99. The van der Waals surface area contributed by atoms with E-state index in [1.165, 1.54) is 31.4 Å². The van der Waals surface area contributed by atoms with Crippen LogP contribution in [-0.4, -0.2) is 12.2 Å². The highest BCUT2D eigenvalue weighted by molar-refractivity contribution is 5.60. The van der Waals surface area contributed by atoms with Gasteiger partial charge >= 0.3 is 0 Å². The topological polar surface area (TPSA) is 55.5 Å². The van der Waals surface area contributed by atoms with Gasteiger partial charge in [0.25, 0.3) is 0 Å². The molecule has 0 amide bonds. The number of nitrogens with two attached hydrogens (primary N) is 1. The van der Waals surface area contributed by atoms with Crippen molar-refractivity contribution >= 4 is 5.69 Å². The maximum Gasteiger partial charge on any atom is 0.142 e. The Hall–Kier alpha value is -2.07. The van der Waals surface area contributed by atoms with Crippen molar-refractivity contribution in [3.63, 3.8) is 0 Å². The Morgan fingerprint density at radius 2 is 1.83 bits per heavy atom. The van der Waals surface area contributed by atoms with E-state index >= 15 is 0 Å². The number of aliphatic hydroxyl groups excluding tert-OH is 1. The van der Waals surface area contributed by atoms with Crippen molar-refractivity contribution < 1.29 is 14.2 Å². The number of rotatable bonds is 3. The van der Waals surface area contributed by atoms with E-state index in [2.05, 4.69) is 0 Å². The first kappa shape index (κ1) is 12.4. The van der Waals surface area contributed by atoms with Gasteiger partial charge in [-0.2, -0.15) is 0 Å². The van der Waals surface area contributed by atoms with Gasteiger partial charge in [-0.15, -0.1) is 0 Å². The molecule has 4 heteroatoms. The number of ether oxygens (including phenoxy) is 1. The van der Waals surface area contributed by atoms with Gasteiger partial charge in [0.1, 0.15) is 17.7 Å². The van der Waals surface area contributed by atoms with Crippen molar-refractivity contribution in [2.45, 2.75) is 6.10 Å². The zero-order chi connectivity index (χ0) is 13.1. The third-order valence-corrected chi connectivity index (χ3v) is 2.80. The molecule has 0 aliphatic carbocycles. The van der Waals surface area contributed by atoms with Gasteiger partial charge in [0.2, 0.25) is 0 Å². The van der Waals surface area contributed by atoms with E-state index in [0.29, 0.717) is 22.6 Å². The number of para-hydroxylation sites is 1. The summed E-state index contributed by atoms with van der Waals surface area (Å²) in [5.74, 6) is 0.165. The molecule has 1 atom stereocenters. The third-order valence-electron chi connectivity index (χ3n) is 2.80. The van der Waals surface area contributed by atoms with Gasteiger partial charge in [-0.3, -0.25) is 0 Å². The minimum atomic E-state index is -0.902. The summed E-state index contributed by atoms with van der Waals surface area (Å²) in [5.41, 5.74) is 7.41. The molecule has 0 spiro atoms. The first-order valence-corrected chi connectivity index (χ1v) is 5.49. The summed E-state index contributed by atoms with van der Waals surface area (Å²) < 4.78 is 17.9. The number of hydrogen-bond donors (Lipinski definition) is 2. The second kappa shape index (κ2) is 5.06. The molecule has 18 heavy (non-hydrogen) atoms. The van der Waals surface area contributed by atoms with Crippen LogP contribution in [0.25, 0.3) is 0 Å². The van der Waals surface area contributed by atoms with Gasteiger partial charge in [-0.05, 0) is 23.8 Å². The van der Waals surface area contributed by atoms with Crippen molar-refractivity contribution in [2.24, 2.45) is 0 Å². The van der Waals surface area contributed by atoms with Crippen LogP contribution in [0, 0.1) is 5.82 Å². The molecular weight excluding hydrogens is 233 g/mol. The summed E-state index contributed by atoms with van der Waals surface area (Å²) in [7, 11) is 1.51. The Balaban J connectivity index is 2.39. The molecule has 94 valence electrons. The highest BCUT2D eigenvalue weighted by atomic mass is 19.1. The highest BCUT2D eigenvalue weighted by Crippen LogP contribution is 2.32. The van der Waals surface area contributed by atoms with Crippen LogP contribution in [0.15, 0.2) is 42.5 Å². The Morgan fingerprint density at radius 1 is 1.17 bits per heavy atom. The fourth-order valence-electron chi connectivity index (χ4n) is 1.80. The molecular formula is C14H14FNO2. The molecule has 0 saturated heterocycles. The monoisotopic (exact) mass is 247 g/mol. The van der Waals surface area contributed by atoms with E-state index in [9.17, 15) is 9.50 Å². The van der Waals surface area contributed by atoms with Crippen molar-refractivity contribution in [3.8, 4) is 5.75 Å². The Kier molecular flexibility index (Phi) is 3.48. The summed E-state index contributed by atoms with van der Waals surface area (Å²) in [4.78, 5) is 0. The predicted octanol–water partition coefficient (Wildman–Crippen LogP) is 2.50. The molecule has 1 unspecified atom stereocenters. The van der Waals surface area contributed by atoms with Gasteiger partial charge in [-0.25, -0.2) is 4.39 Å². The zero-order valence-electron chi connectivity index (χ0n) is 9.93. The standard InChI is InChI=1S/C14H14FNO2/c1-18-12-4-2-3-11(13(12)16)14(17)9-5-7-10(15)8-6-9/h2-8,14,17H,16H2,1H3. The Bertz CT molecular complexity index is 540. The van der Waals surface area contributed by atoms with Crippen molar-refractivity contribution in [1.82, 2.24) is 0 Å². The summed E-state index contributed by atoms with van der Waals surface area (Å²) in [6, 6.07) is 10.8.